The van der Waals surface area contributed by atoms with Crippen LogP contribution >= 0.6 is 0 Å². The molecule has 1 spiro atoms. The van der Waals surface area contributed by atoms with Crippen molar-refractivity contribution in [2.45, 2.75) is 37.6 Å². The quantitative estimate of drug-likeness (QED) is 0.699. The summed E-state index contributed by atoms with van der Waals surface area (Å²) in [6.45, 7) is 0. The van der Waals surface area contributed by atoms with Crippen LogP contribution in [0.5, 0.6) is 0 Å². The summed E-state index contributed by atoms with van der Waals surface area (Å²) in [4.78, 5) is 30.7. The van der Waals surface area contributed by atoms with Gasteiger partial charge in [0.1, 0.15) is 5.82 Å². The fourth-order valence-corrected chi connectivity index (χ4v) is 5.10. The smallest absolute Gasteiger partial charge is 0.272 e. The largest absolute Gasteiger partial charge is 0.363 e. The first-order valence-corrected chi connectivity index (χ1v) is 10.4. The highest BCUT2D eigenvalue weighted by Crippen LogP contribution is 2.62. The molecule has 0 radical (unpaired) electrons. The molecule has 0 unspecified atom stereocenters. The third-order valence-electron chi connectivity index (χ3n) is 6.63. The number of aromatic amines is 1. The number of carbonyl (C=O) groups excluding carboxylic acids is 1. The normalized spacial score (nSPS) is 24.9. The molecule has 2 aromatic heterocycles. The summed E-state index contributed by atoms with van der Waals surface area (Å²) in [6.07, 6.45) is 5.74. The van der Waals surface area contributed by atoms with Crippen molar-refractivity contribution in [1.29, 1.82) is 0 Å². The number of benzene rings is 1. The van der Waals surface area contributed by atoms with E-state index < -0.39 is 0 Å². The molecule has 2 aliphatic carbocycles. The topological polar surface area (TPSA) is 91.0 Å². The minimum Gasteiger partial charge on any atom is -0.363 e. The zero-order chi connectivity index (χ0) is 20.9. The van der Waals surface area contributed by atoms with Gasteiger partial charge in [0.05, 0.1) is 16.6 Å². The van der Waals surface area contributed by atoms with E-state index in [4.69, 9.17) is 0 Å². The molecule has 154 valence electrons. The summed E-state index contributed by atoms with van der Waals surface area (Å²) < 4.78 is 0. The maximum absolute atomic E-state index is 12.5. The van der Waals surface area contributed by atoms with Gasteiger partial charge in [-0.2, -0.15) is 5.10 Å². The summed E-state index contributed by atoms with van der Waals surface area (Å²) in [5.41, 5.74) is 1.75. The Labute approximate surface area is 174 Å². The molecular formula is C23H25N5O2. The number of amides is 1. The Morgan fingerprint density at radius 3 is 2.50 bits per heavy atom. The monoisotopic (exact) mass is 403 g/mol. The lowest BCUT2D eigenvalue weighted by atomic mass is 9.49. The second-order valence-electron chi connectivity index (χ2n) is 8.97. The molecule has 2 N–H and O–H groups in total. The standard InChI is InChI=1S/C23H25N5O2/c1-28(2)19-8-7-14(13-24-19)21(29)25-16-11-23(12-16)9-15(10-23)20-17-5-3-4-6-18(17)22(30)27-26-20/h3-8,13,15-16H,9-12H2,1-2H3,(H,25,29)(H,27,30)/t15-,16-,23?. The van der Waals surface area contributed by atoms with Crippen LogP contribution in [0.3, 0.4) is 0 Å². The van der Waals surface area contributed by atoms with Gasteiger partial charge in [0.15, 0.2) is 0 Å². The van der Waals surface area contributed by atoms with E-state index >= 15 is 0 Å². The third-order valence-corrected chi connectivity index (χ3v) is 6.63. The van der Waals surface area contributed by atoms with E-state index in [2.05, 4.69) is 20.5 Å². The van der Waals surface area contributed by atoms with Gasteiger partial charge in [-0.05, 0) is 49.3 Å². The van der Waals surface area contributed by atoms with Crippen LogP contribution < -0.4 is 15.8 Å². The number of nitrogens with one attached hydrogen (secondary N) is 2. The third kappa shape index (κ3) is 3.14. The highest BCUT2D eigenvalue weighted by atomic mass is 16.1. The number of hydrogen-bond donors (Lipinski definition) is 2. The zero-order valence-corrected chi connectivity index (χ0v) is 17.2. The Morgan fingerprint density at radius 2 is 1.83 bits per heavy atom. The van der Waals surface area contributed by atoms with E-state index in [1.165, 1.54) is 0 Å². The van der Waals surface area contributed by atoms with Gasteiger partial charge in [-0.25, -0.2) is 10.1 Å². The van der Waals surface area contributed by atoms with Crippen molar-refractivity contribution in [3.05, 3.63) is 64.2 Å². The minimum atomic E-state index is -0.136. The Bertz CT molecular complexity index is 1150. The van der Waals surface area contributed by atoms with Crippen LogP contribution in [-0.2, 0) is 0 Å². The zero-order valence-electron chi connectivity index (χ0n) is 17.2. The first kappa shape index (κ1) is 18.8. The number of pyridine rings is 1. The lowest BCUT2D eigenvalue weighted by molar-refractivity contribution is -0.0196. The highest BCUT2D eigenvalue weighted by molar-refractivity contribution is 5.94. The maximum Gasteiger partial charge on any atom is 0.272 e. The Kier molecular flexibility index (Phi) is 4.34. The van der Waals surface area contributed by atoms with E-state index in [0.29, 0.717) is 22.3 Å². The van der Waals surface area contributed by atoms with Crippen LogP contribution in [0.4, 0.5) is 5.82 Å². The molecule has 7 heteroatoms. The Balaban J connectivity index is 1.19. The predicted molar refractivity (Wildman–Crippen MR) is 116 cm³/mol. The SMILES string of the molecule is CN(C)c1ccc(C(=O)N[C@H]2CC3(C2)C[C@H](c2n[nH]c(=O)c4ccccc42)C3)cn1. The maximum atomic E-state index is 12.5. The van der Waals surface area contributed by atoms with Gasteiger partial charge in [0, 0.05) is 37.6 Å². The summed E-state index contributed by atoms with van der Waals surface area (Å²) in [5, 5.41) is 11.8. The molecule has 2 saturated carbocycles. The minimum absolute atomic E-state index is 0.0585. The van der Waals surface area contributed by atoms with Crippen LogP contribution in [0.15, 0.2) is 47.4 Å². The van der Waals surface area contributed by atoms with Crippen molar-refractivity contribution >= 4 is 22.5 Å². The lowest BCUT2D eigenvalue weighted by Crippen LogP contribution is -2.55. The molecule has 0 atom stereocenters. The van der Waals surface area contributed by atoms with Gasteiger partial charge in [0.2, 0.25) is 0 Å². The number of nitrogens with zero attached hydrogens (tertiary/aromatic N) is 3. The number of anilines is 1. The van der Waals surface area contributed by atoms with Gasteiger partial charge in [-0.3, -0.25) is 9.59 Å². The Hall–Kier alpha value is -3.22. The van der Waals surface area contributed by atoms with Gasteiger partial charge in [0.25, 0.3) is 11.5 Å². The van der Waals surface area contributed by atoms with Crippen molar-refractivity contribution in [3.8, 4) is 0 Å². The second-order valence-corrected chi connectivity index (χ2v) is 8.97. The van der Waals surface area contributed by atoms with Crippen LogP contribution in [0.2, 0.25) is 0 Å². The number of aromatic nitrogens is 3. The van der Waals surface area contributed by atoms with Crippen molar-refractivity contribution in [2.75, 3.05) is 19.0 Å². The second kappa shape index (κ2) is 6.93. The molecule has 2 aliphatic rings. The molecule has 7 nitrogen and oxygen atoms in total. The van der Waals surface area contributed by atoms with Gasteiger partial charge >= 0.3 is 0 Å². The van der Waals surface area contributed by atoms with E-state index in [1.54, 1.807) is 6.20 Å². The number of carbonyl (C=O) groups is 1. The summed E-state index contributed by atoms with van der Waals surface area (Å²) in [7, 11) is 3.85. The predicted octanol–water partition coefficient (Wildman–Crippen LogP) is 2.84. The van der Waals surface area contributed by atoms with E-state index in [0.717, 1.165) is 42.6 Å². The van der Waals surface area contributed by atoms with Crippen molar-refractivity contribution in [1.82, 2.24) is 20.5 Å². The highest BCUT2D eigenvalue weighted by Gasteiger charge is 2.54. The average Bonchev–Trinajstić information content (AvgIpc) is 2.70. The molecule has 1 amide bonds. The summed E-state index contributed by atoms with van der Waals surface area (Å²) >= 11 is 0. The first-order valence-electron chi connectivity index (χ1n) is 10.4. The van der Waals surface area contributed by atoms with Crippen LogP contribution in [0, 0.1) is 5.41 Å². The van der Waals surface area contributed by atoms with Gasteiger partial charge in [-0.15, -0.1) is 0 Å². The molecule has 0 saturated heterocycles. The molecule has 30 heavy (non-hydrogen) atoms. The molecular weight excluding hydrogens is 378 g/mol. The molecule has 3 aromatic rings. The number of H-pyrrole nitrogens is 1. The van der Waals surface area contributed by atoms with E-state index in [-0.39, 0.29) is 17.5 Å². The fraction of sp³-hybridized carbons (Fsp3) is 0.391. The number of rotatable bonds is 4. The summed E-state index contributed by atoms with van der Waals surface area (Å²) in [5.74, 6) is 1.14. The van der Waals surface area contributed by atoms with Crippen LogP contribution in [0.1, 0.15) is 47.7 Å². The summed E-state index contributed by atoms with van der Waals surface area (Å²) in [6, 6.07) is 11.6. The molecule has 5 rings (SSSR count). The molecule has 1 aromatic carbocycles. The van der Waals surface area contributed by atoms with E-state index in [1.807, 2.05) is 55.4 Å². The molecule has 2 fully saturated rings. The van der Waals surface area contributed by atoms with Crippen molar-refractivity contribution in [2.24, 2.45) is 5.41 Å². The molecule has 2 heterocycles. The van der Waals surface area contributed by atoms with Crippen LogP contribution in [-0.4, -0.2) is 41.2 Å². The van der Waals surface area contributed by atoms with Gasteiger partial charge < -0.3 is 10.2 Å². The molecule has 0 aliphatic heterocycles. The number of fused-ring (bicyclic) bond motifs is 1. The fourth-order valence-electron chi connectivity index (χ4n) is 5.10. The molecule has 0 bridgehead atoms. The average molecular weight is 403 g/mol. The first-order chi connectivity index (χ1) is 14.4. The van der Waals surface area contributed by atoms with Crippen molar-refractivity contribution < 1.29 is 4.79 Å². The van der Waals surface area contributed by atoms with E-state index in [9.17, 15) is 9.59 Å². The van der Waals surface area contributed by atoms with Crippen molar-refractivity contribution in [3.63, 3.8) is 0 Å². The van der Waals surface area contributed by atoms with Gasteiger partial charge in [-0.1, -0.05) is 18.2 Å². The lowest BCUT2D eigenvalue weighted by Gasteiger charge is -2.57. The van der Waals surface area contributed by atoms with Crippen LogP contribution in [0.25, 0.3) is 10.8 Å². The Morgan fingerprint density at radius 1 is 1.10 bits per heavy atom. The number of hydrogen-bond acceptors (Lipinski definition) is 5.